The van der Waals surface area contributed by atoms with E-state index < -0.39 is 17.4 Å². The van der Waals surface area contributed by atoms with Crippen molar-refractivity contribution in [2.24, 2.45) is 16.3 Å². The number of anilines is 1. The van der Waals surface area contributed by atoms with Crippen LogP contribution in [-0.4, -0.2) is 91.1 Å². The maximum atomic E-state index is 13.6. The molecular formula is C28H44N6O4. The number of carbonyl (C=O) groups excluding carboxylic acids is 3. The minimum absolute atomic E-state index is 0.105. The van der Waals surface area contributed by atoms with Gasteiger partial charge in [0.15, 0.2) is 11.7 Å². The van der Waals surface area contributed by atoms with E-state index in [2.05, 4.69) is 25.4 Å². The lowest BCUT2D eigenvalue weighted by atomic mass is 9.81. The van der Waals surface area contributed by atoms with Crippen molar-refractivity contribution in [3.05, 3.63) is 29.8 Å². The SMILES string of the molecule is CCCCC(CN(O)C=O)C(=O)NC(C(=O)c1ccc(N2CCN(C3=NCCCN3)CC2)cc1)C(C)(C)C. The summed E-state index contributed by atoms with van der Waals surface area (Å²) in [6.07, 6.45) is 3.55. The molecule has 3 rings (SSSR count). The van der Waals surface area contributed by atoms with Gasteiger partial charge in [0.2, 0.25) is 12.3 Å². The molecular weight excluding hydrogens is 484 g/mol. The highest BCUT2D eigenvalue weighted by Gasteiger charge is 2.35. The summed E-state index contributed by atoms with van der Waals surface area (Å²) in [7, 11) is 0. The van der Waals surface area contributed by atoms with Gasteiger partial charge in [0.1, 0.15) is 0 Å². The van der Waals surface area contributed by atoms with Crippen LogP contribution in [0.25, 0.3) is 0 Å². The third-order valence-corrected chi connectivity index (χ3v) is 7.20. The highest BCUT2D eigenvalue weighted by molar-refractivity contribution is 6.02. The molecule has 210 valence electrons. The molecule has 1 aromatic carbocycles. The van der Waals surface area contributed by atoms with E-state index in [0.717, 1.165) is 70.2 Å². The first-order chi connectivity index (χ1) is 18.1. The van der Waals surface area contributed by atoms with E-state index in [9.17, 15) is 19.6 Å². The van der Waals surface area contributed by atoms with Crippen LogP contribution >= 0.6 is 0 Å². The number of hydrogen-bond acceptors (Lipinski definition) is 8. The molecule has 0 aliphatic carbocycles. The van der Waals surface area contributed by atoms with Gasteiger partial charge in [0.05, 0.1) is 18.5 Å². The first kappa shape index (κ1) is 29.4. The Kier molecular flexibility index (Phi) is 10.5. The Morgan fingerprint density at radius 3 is 2.37 bits per heavy atom. The molecule has 2 unspecified atom stereocenters. The second kappa shape index (κ2) is 13.6. The first-order valence-corrected chi connectivity index (χ1v) is 13.8. The Bertz CT molecular complexity index is 967. The number of rotatable bonds is 11. The fourth-order valence-corrected chi connectivity index (χ4v) is 4.87. The van der Waals surface area contributed by atoms with Crippen LogP contribution in [0.1, 0.15) is 63.7 Å². The molecule has 2 atom stereocenters. The highest BCUT2D eigenvalue weighted by atomic mass is 16.5. The predicted molar refractivity (Wildman–Crippen MR) is 148 cm³/mol. The zero-order valence-corrected chi connectivity index (χ0v) is 23.3. The van der Waals surface area contributed by atoms with Gasteiger partial charge >= 0.3 is 0 Å². The van der Waals surface area contributed by atoms with Crippen LogP contribution in [0.5, 0.6) is 0 Å². The largest absolute Gasteiger partial charge is 0.368 e. The molecule has 0 bridgehead atoms. The Morgan fingerprint density at radius 2 is 1.82 bits per heavy atom. The van der Waals surface area contributed by atoms with Gasteiger partial charge in [-0.15, -0.1) is 0 Å². The number of unbranched alkanes of at least 4 members (excludes halogenated alkanes) is 1. The lowest BCUT2D eigenvalue weighted by Crippen LogP contribution is -2.53. The van der Waals surface area contributed by atoms with Crippen molar-refractivity contribution in [1.82, 2.24) is 20.6 Å². The summed E-state index contributed by atoms with van der Waals surface area (Å²) >= 11 is 0. The minimum Gasteiger partial charge on any atom is -0.368 e. The predicted octanol–water partition coefficient (Wildman–Crippen LogP) is 2.53. The number of nitrogens with one attached hydrogen (secondary N) is 2. The number of hydroxylamine groups is 2. The summed E-state index contributed by atoms with van der Waals surface area (Å²) in [6.45, 7) is 13.0. The van der Waals surface area contributed by atoms with Crippen LogP contribution in [0.3, 0.4) is 0 Å². The smallest absolute Gasteiger partial charge is 0.233 e. The molecule has 38 heavy (non-hydrogen) atoms. The van der Waals surface area contributed by atoms with Crippen LogP contribution in [0.4, 0.5) is 5.69 Å². The zero-order valence-electron chi connectivity index (χ0n) is 23.3. The van der Waals surface area contributed by atoms with E-state index in [-0.39, 0.29) is 18.2 Å². The lowest BCUT2D eigenvalue weighted by molar-refractivity contribution is -0.154. The van der Waals surface area contributed by atoms with Gasteiger partial charge in [0.25, 0.3) is 0 Å². The average molecular weight is 529 g/mol. The molecule has 3 N–H and O–H groups in total. The number of hydrogen-bond donors (Lipinski definition) is 3. The van der Waals surface area contributed by atoms with Crippen LogP contribution in [0.2, 0.25) is 0 Å². The standard InChI is InChI=1S/C28H44N6O4/c1-5-6-8-22(19-34(38)20-35)26(37)31-25(28(2,3)4)24(36)21-9-11-23(12-10-21)32-15-17-33(18-16-32)27-29-13-7-14-30-27/h9-12,20,22,25,38H,5-8,13-19H2,1-4H3,(H,29,30)(H,31,37). The van der Waals surface area contributed by atoms with Crippen LogP contribution < -0.4 is 15.5 Å². The van der Waals surface area contributed by atoms with Crippen molar-refractivity contribution in [3.8, 4) is 0 Å². The molecule has 2 aliphatic heterocycles. The molecule has 10 heteroatoms. The monoisotopic (exact) mass is 528 g/mol. The van der Waals surface area contributed by atoms with Crippen molar-refractivity contribution >= 4 is 29.7 Å². The van der Waals surface area contributed by atoms with Gasteiger partial charge in [-0.05, 0) is 42.5 Å². The third-order valence-electron chi connectivity index (χ3n) is 7.20. The van der Waals surface area contributed by atoms with Crippen molar-refractivity contribution in [3.63, 3.8) is 0 Å². The number of piperazine rings is 1. The van der Waals surface area contributed by atoms with Gasteiger partial charge in [-0.2, -0.15) is 0 Å². The number of carbonyl (C=O) groups is 3. The van der Waals surface area contributed by atoms with E-state index in [1.54, 1.807) is 0 Å². The number of nitrogens with zero attached hydrogens (tertiary/aromatic N) is 4. The van der Waals surface area contributed by atoms with Crippen molar-refractivity contribution < 1.29 is 19.6 Å². The van der Waals surface area contributed by atoms with Crippen LogP contribution in [0.15, 0.2) is 29.3 Å². The molecule has 10 nitrogen and oxygen atoms in total. The summed E-state index contributed by atoms with van der Waals surface area (Å²) in [5, 5.41) is 16.5. The van der Waals surface area contributed by atoms with Gasteiger partial charge in [-0.3, -0.25) is 24.6 Å². The topological polar surface area (TPSA) is 118 Å². The summed E-state index contributed by atoms with van der Waals surface area (Å²) in [5.41, 5.74) is 1.07. The van der Waals surface area contributed by atoms with Crippen molar-refractivity contribution in [2.75, 3.05) is 50.7 Å². The maximum Gasteiger partial charge on any atom is 0.233 e. The van der Waals surface area contributed by atoms with E-state index in [4.69, 9.17) is 0 Å². The molecule has 0 spiro atoms. The fourth-order valence-electron chi connectivity index (χ4n) is 4.87. The Labute approximate surface area is 226 Å². The molecule has 2 amide bonds. The summed E-state index contributed by atoms with van der Waals surface area (Å²) < 4.78 is 0. The van der Waals surface area contributed by atoms with E-state index in [1.165, 1.54) is 0 Å². The molecule has 2 heterocycles. The highest BCUT2D eigenvalue weighted by Crippen LogP contribution is 2.25. The fraction of sp³-hybridized carbons (Fsp3) is 0.643. The molecule has 1 aromatic rings. The van der Waals surface area contributed by atoms with Crippen LogP contribution in [0, 0.1) is 11.3 Å². The normalized spacial score (nSPS) is 17.7. The van der Waals surface area contributed by atoms with Gasteiger partial charge < -0.3 is 20.4 Å². The number of ketones is 1. The van der Waals surface area contributed by atoms with Gasteiger partial charge in [-0.1, -0.05) is 40.5 Å². The summed E-state index contributed by atoms with van der Waals surface area (Å²) in [6, 6.07) is 6.86. The molecule has 1 saturated heterocycles. The van der Waals surface area contributed by atoms with Crippen molar-refractivity contribution in [2.45, 2.75) is 59.4 Å². The second-order valence-electron chi connectivity index (χ2n) is 11.2. The Hall–Kier alpha value is -3.14. The third kappa shape index (κ3) is 7.93. The van der Waals surface area contributed by atoms with E-state index >= 15 is 0 Å². The minimum atomic E-state index is -0.749. The average Bonchev–Trinajstić information content (AvgIpc) is 2.93. The summed E-state index contributed by atoms with van der Waals surface area (Å²) in [5.74, 6) is -0.0891. The molecule has 0 radical (unpaired) electrons. The second-order valence-corrected chi connectivity index (χ2v) is 11.2. The van der Waals surface area contributed by atoms with Gasteiger partial charge in [0, 0.05) is 50.5 Å². The molecule has 2 aliphatic rings. The lowest BCUT2D eigenvalue weighted by Gasteiger charge is -2.38. The number of aliphatic imine (C=N–C) groups is 1. The first-order valence-electron chi connectivity index (χ1n) is 13.8. The summed E-state index contributed by atoms with van der Waals surface area (Å²) in [4.78, 5) is 46.8. The number of guanidine groups is 1. The van der Waals surface area contributed by atoms with E-state index in [1.807, 2.05) is 52.0 Å². The molecule has 1 fully saturated rings. The molecule has 0 saturated carbocycles. The Morgan fingerprint density at radius 1 is 1.16 bits per heavy atom. The van der Waals surface area contributed by atoms with Crippen LogP contribution in [-0.2, 0) is 9.59 Å². The maximum absolute atomic E-state index is 13.6. The number of benzene rings is 1. The van der Waals surface area contributed by atoms with Crippen molar-refractivity contribution in [1.29, 1.82) is 0 Å². The Balaban J connectivity index is 1.66. The number of amides is 2. The molecule has 0 aromatic heterocycles. The van der Waals surface area contributed by atoms with E-state index in [0.29, 0.717) is 23.5 Å². The quantitative estimate of drug-likeness (QED) is 0.175. The number of Topliss-reactive ketones (excluding diaryl/α,β-unsaturated/α-hetero) is 1. The van der Waals surface area contributed by atoms with Gasteiger partial charge in [-0.25, -0.2) is 5.06 Å². The zero-order chi connectivity index (χ0) is 27.7.